The molecule has 0 saturated heterocycles. The lowest BCUT2D eigenvalue weighted by Gasteiger charge is -2.11. The molecule has 0 aliphatic heterocycles. The van der Waals surface area contributed by atoms with Gasteiger partial charge >= 0.3 is 0 Å². The molecule has 0 amide bonds. The van der Waals surface area contributed by atoms with E-state index in [1.54, 1.807) is 17.7 Å². The molecule has 1 unspecified atom stereocenters. The van der Waals surface area contributed by atoms with Crippen molar-refractivity contribution in [3.05, 3.63) is 28.7 Å². The summed E-state index contributed by atoms with van der Waals surface area (Å²) >= 11 is 1.65. The van der Waals surface area contributed by atoms with Gasteiger partial charge in [-0.3, -0.25) is 0 Å². The first-order chi connectivity index (χ1) is 7.27. The lowest BCUT2D eigenvalue weighted by Crippen LogP contribution is -2.20. The van der Waals surface area contributed by atoms with Crippen LogP contribution in [0.3, 0.4) is 0 Å². The van der Waals surface area contributed by atoms with Crippen LogP contribution >= 0.6 is 11.3 Å². The van der Waals surface area contributed by atoms with Crippen molar-refractivity contribution in [2.24, 2.45) is 7.05 Å². The fraction of sp³-hybridized carbons (Fsp3) is 0.444. The summed E-state index contributed by atoms with van der Waals surface area (Å²) < 4.78 is 1.92. The van der Waals surface area contributed by atoms with Crippen LogP contribution in [0.25, 0.3) is 0 Å². The van der Waals surface area contributed by atoms with Crippen molar-refractivity contribution < 1.29 is 0 Å². The van der Waals surface area contributed by atoms with E-state index in [0.29, 0.717) is 0 Å². The number of nitrogens with zero attached hydrogens (tertiary/aromatic N) is 4. The molecule has 0 saturated carbocycles. The van der Waals surface area contributed by atoms with Crippen LogP contribution in [0.2, 0.25) is 0 Å². The fourth-order valence-corrected chi connectivity index (χ4v) is 1.92. The largest absolute Gasteiger partial charge is 0.319 e. The van der Waals surface area contributed by atoms with Crippen LogP contribution in [0.1, 0.15) is 23.8 Å². The molecule has 15 heavy (non-hydrogen) atoms. The minimum absolute atomic E-state index is 0.182. The number of rotatable bonds is 4. The number of thiazole rings is 1. The van der Waals surface area contributed by atoms with Crippen LogP contribution in [0, 0.1) is 0 Å². The Morgan fingerprint density at radius 2 is 2.47 bits per heavy atom. The molecule has 0 spiro atoms. The maximum absolute atomic E-state index is 4.21. The van der Waals surface area contributed by atoms with Crippen molar-refractivity contribution in [2.45, 2.75) is 19.5 Å². The van der Waals surface area contributed by atoms with Crippen molar-refractivity contribution >= 4 is 11.3 Å². The Kier molecular flexibility index (Phi) is 3.08. The van der Waals surface area contributed by atoms with E-state index >= 15 is 0 Å². The third-order valence-electron chi connectivity index (χ3n) is 2.18. The number of aryl methyl sites for hydroxylation is 1. The smallest absolute Gasteiger partial charge is 0.149 e. The van der Waals surface area contributed by atoms with Gasteiger partial charge in [-0.05, 0) is 6.92 Å². The molecule has 0 aliphatic rings. The molecule has 80 valence electrons. The van der Waals surface area contributed by atoms with Gasteiger partial charge in [0.2, 0.25) is 0 Å². The quantitative estimate of drug-likeness (QED) is 0.844. The van der Waals surface area contributed by atoms with Crippen LogP contribution in [-0.2, 0) is 13.6 Å². The summed E-state index contributed by atoms with van der Waals surface area (Å²) in [6, 6.07) is 0.182. The molecule has 0 fully saturated rings. The van der Waals surface area contributed by atoms with E-state index in [1.165, 1.54) is 0 Å². The second-order valence-electron chi connectivity index (χ2n) is 3.33. The van der Waals surface area contributed by atoms with Gasteiger partial charge in [0.25, 0.3) is 0 Å². The van der Waals surface area contributed by atoms with Crippen molar-refractivity contribution in [1.82, 2.24) is 25.1 Å². The zero-order valence-corrected chi connectivity index (χ0v) is 9.53. The highest BCUT2D eigenvalue weighted by Gasteiger charge is 2.10. The highest BCUT2D eigenvalue weighted by molar-refractivity contribution is 7.09. The van der Waals surface area contributed by atoms with Gasteiger partial charge in [0.05, 0.1) is 6.04 Å². The zero-order chi connectivity index (χ0) is 10.7. The SMILES string of the molecule is CC(NCc1nccs1)c1nncn1C. The Balaban J connectivity index is 1.93. The average molecular weight is 223 g/mol. The normalized spacial score (nSPS) is 12.9. The Hall–Kier alpha value is -1.27. The molecule has 2 heterocycles. The van der Waals surface area contributed by atoms with Crippen LogP contribution < -0.4 is 5.32 Å². The summed E-state index contributed by atoms with van der Waals surface area (Å²) in [6.07, 6.45) is 3.52. The standard InChI is InChI=1S/C9H13N5S/c1-7(9-13-12-6-14(9)2)11-5-8-10-3-4-15-8/h3-4,6-7,11H,5H2,1-2H3. The number of nitrogens with one attached hydrogen (secondary N) is 1. The Bertz CT molecular complexity index is 408. The molecular weight excluding hydrogens is 210 g/mol. The monoisotopic (exact) mass is 223 g/mol. The Morgan fingerprint density at radius 3 is 3.07 bits per heavy atom. The molecule has 0 radical (unpaired) electrons. The van der Waals surface area contributed by atoms with Gasteiger partial charge in [0.15, 0.2) is 0 Å². The summed E-state index contributed by atoms with van der Waals surface area (Å²) in [5, 5.41) is 14.3. The highest BCUT2D eigenvalue weighted by Crippen LogP contribution is 2.09. The van der Waals surface area contributed by atoms with Gasteiger partial charge in [0.1, 0.15) is 17.2 Å². The summed E-state index contributed by atoms with van der Waals surface area (Å²) in [5.41, 5.74) is 0. The maximum Gasteiger partial charge on any atom is 0.149 e. The number of hydrogen-bond acceptors (Lipinski definition) is 5. The zero-order valence-electron chi connectivity index (χ0n) is 8.71. The van der Waals surface area contributed by atoms with E-state index in [0.717, 1.165) is 17.4 Å². The Labute approximate surface area is 92.2 Å². The second-order valence-corrected chi connectivity index (χ2v) is 4.31. The third-order valence-corrected chi connectivity index (χ3v) is 2.96. The van der Waals surface area contributed by atoms with E-state index < -0.39 is 0 Å². The molecule has 2 rings (SSSR count). The number of aromatic nitrogens is 4. The Morgan fingerprint density at radius 1 is 1.60 bits per heavy atom. The average Bonchev–Trinajstić information content (AvgIpc) is 2.84. The van der Waals surface area contributed by atoms with Crippen molar-refractivity contribution in [3.8, 4) is 0 Å². The van der Waals surface area contributed by atoms with Gasteiger partial charge in [-0.1, -0.05) is 0 Å². The fourth-order valence-electron chi connectivity index (χ4n) is 1.36. The summed E-state index contributed by atoms with van der Waals surface area (Å²) in [6.45, 7) is 2.84. The van der Waals surface area contributed by atoms with Gasteiger partial charge < -0.3 is 9.88 Å². The maximum atomic E-state index is 4.21. The van der Waals surface area contributed by atoms with E-state index in [2.05, 4.69) is 27.4 Å². The van der Waals surface area contributed by atoms with Crippen LogP contribution in [-0.4, -0.2) is 19.7 Å². The molecule has 2 aromatic heterocycles. The lowest BCUT2D eigenvalue weighted by molar-refractivity contribution is 0.527. The van der Waals surface area contributed by atoms with Crippen LogP contribution in [0.5, 0.6) is 0 Å². The summed E-state index contributed by atoms with van der Waals surface area (Å²) in [4.78, 5) is 4.21. The van der Waals surface area contributed by atoms with Crippen molar-refractivity contribution in [3.63, 3.8) is 0 Å². The molecule has 5 nitrogen and oxygen atoms in total. The van der Waals surface area contributed by atoms with Crippen molar-refractivity contribution in [1.29, 1.82) is 0 Å². The molecule has 0 aliphatic carbocycles. The van der Waals surface area contributed by atoms with E-state index in [9.17, 15) is 0 Å². The molecule has 0 aromatic carbocycles. The van der Waals surface area contributed by atoms with Gasteiger partial charge in [-0.15, -0.1) is 21.5 Å². The molecule has 1 atom stereocenters. The third kappa shape index (κ3) is 2.40. The van der Waals surface area contributed by atoms with Gasteiger partial charge in [0, 0.05) is 25.2 Å². The summed E-state index contributed by atoms with van der Waals surface area (Å²) in [5.74, 6) is 0.937. The second kappa shape index (κ2) is 4.50. The predicted molar refractivity (Wildman–Crippen MR) is 58.4 cm³/mol. The summed E-state index contributed by atoms with van der Waals surface area (Å²) in [7, 11) is 1.94. The van der Waals surface area contributed by atoms with Crippen LogP contribution in [0.15, 0.2) is 17.9 Å². The molecule has 1 N–H and O–H groups in total. The topological polar surface area (TPSA) is 55.6 Å². The van der Waals surface area contributed by atoms with E-state index in [1.807, 2.05) is 23.2 Å². The lowest BCUT2D eigenvalue weighted by atomic mass is 10.3. The molecule has 0 bridgehead atoms. The molecule has 6 heteroatoms. The first-order valence-electron chi connectivity index (χ1n) is 4.73. The van der Waals surface area contributed by atoms with Crippen LogP contribution in [0.4, 0.5) is 0 Å². The van der Waals surface area contributed by atoms with E-state index in [-0.39, 0.29) is 6.04 Å². The van der Waals surface area contributed by atoms with Gasteiger partial charge in [-0.2, -0.15) is 0 Å². The minimum Gasteiger partial charge on any atom is -0.319 e. The molecular formula is C9H13N5S. The van der Waals surface area contributed by atoms with E-state index in [4.69, 9.17) is 0 Å². The number of hydrogen-bond donors (Lipinski definition) is 1. The molecule has 2 aromatic rings. The van der Waals surface area contributed by atoms with Gasteiger partial charge in [-0.25, -0.2) is 4.98 Å². The first-order valence-corrected chi connectivity index (χ1v) is 5.61. The first kappa shape index (κ1) is 10.3. The van der Waals surface area contributed by atoms with Crippen molar-refractivity contribution in [2.75, 3.05) is 0 Å². The minimum atomic E-state index is 0.182. The highest BCUT2D eigenvalue weighted by atomic mass is 32.1. The predicted octanol–water partition coefficient (Wildman–Crippen LogP) is 1.12.